The van der Waals surface area contributed by atoms with Crippen molar-refractivity contribution in [1.29, 1.82) is 0 Å². The van der Waals surface area contributed by atoms with Crippen molar-refractivity contribution in [3.8, 4) is 0 Å². The minimum Gasteiger partial charge on any atom is -0.466 e. The first-order chi connectivity index (χ1) is 8.05. The Morgan fingerprint density at radius 3 is 3.00 bits per heavy atom. The summed E-state index contributed by atoms with van der Waals surface area (Å²) in [6, 6.07) is 0. The van der Waals surface area contributed by atoms with Gasteiger partial charge in [0.2, 0.25) is 0 Å². The van der Waals surface area contributed by atoms with Crippen LogP contribution in [0.1, 0.15) is 40.0 Å². The number of ether oxygens (including phenoxy) is 3. The lowest BCUT2D eigenvalue weighted by Crippen LogP contribution is -2.42. The summed E-state index contributed by atoms with van der Waals surface area (Å²) < 4.78 is 16.4. The highest BCUT2D eigenvalue weighted by Crippen LogP contribution is 2.49. The van der Waals surface area contributed by atoms with Crippen LogP contribution in [0.25, 0.3) is 0 Å². The van der Waals surface area contributed by atoms with E-state index in [1.54, 1.807) is 0 Å². The van der Waals surface area contributed by atoms with Crippen LogP contribution in [0, 0.1) is 11.3 Å². The Balaban J connectivity index is 1.99. The Hall–Kier alpha value is -0.610. The monoisotopic (exact) mass is 242 g/mol. The lowest BCUT2D eigenvalue weighted by Gasteiger charge is -2.38. The summed E-state index contributed by atoms with van der Waals surface area (Å²) in [5.41, 5.74) is -0.0307. The quantitative estimate of drug-likeness (QED) is 0.711. The highest BCUT2D eigenvalue weighted by molar-refractivity contribution is 5.70. The van der Waals surface area contributed by atoms with Crippen LogP contribution in [-0.4, -0.2) is 31.6 Å². The number of carbonyl (C=O) groups is 1. The zero-order chi connectivity index (χ0) is 12.5. The predicted molar refractivity (Wildman–Crippen MR) is 62.4 cm³/mol. The van der Waals surface area contributed by atoms with Crippen LogP contribution in [0.5, 0.6) is 0 Å². The molecule has 0 aromatic rings. The minimum atomic E-state index is -0.110. The predicted octanol–water partition coefficient (Wildman–Crippen LogP) is 2.12. The van der Waals surface area contributed by atoms with Gasteiger partial charge in [-0.15, -0.1) is 0 Å². The molecular weight excluding hydrogens is 220 g/mol. The zero-order valence-corrected chi connectivity index (χ0v) is 10.9. The molecule has 0 spiro atoms. The van der Waals surface area contributed by atoms with E-state index in [1.165, 1.54) is 0 Å². The van der Waals surface area contributed by atoms with Crippen molar-refractivity contribution < 1.29 is 19.0 Å². The van der Waals surface area contributed by atoms with E-state index in [-0.39, 0.29) is 23.8 Å². The summed E-state index contributed by atoms with van der Waals surface area (Å²) in [6.45, 7) is 7.06. The molecule has 17 heavy (non-hydrogen) atoms. The van der Waals surface area contributed by atoms with E-state index in [4.69, 9.17) is 14.2 Å². The van der Waals surface area contributed by atoms with Crippen molar-refractivity contribution in [2.45, 2.75) is 52.4 Å². The molecule has 98 valence electrons. The third kappa shape index (κ3) is 2.63. The molecule has 1 aliphatic carbocycles. The van der Waals surface area contributed by atoms with Crippen LogP contribution in [0.4, 0.5) is 0 Å². The van der Waals surface area contributed by atoms with Gasteiger partial charge in [-0.2, -0.15) is 0 Å². The van der Waals surface area contributed by atoms with Crippen LogP contribution >= 0.6 is 0 Å². The van der Waals surface area contributed by atoms with Gasteiger partial charge in [0.15, 0.2) is 6.29 Å². The average molecular weight is 242 g/mol. The summed E-state index contributed by atoms with van der Waals surface area (Å²) in [6.07, 6.45) is 2.65. The number of rotatable bonds is 3. The molecule has 1 heterocycles. The molecule has 2 rings (SSSR count). The summed E-state index contributed by atoms with van der Waals surface area (Å²) in [7, 11) is 0. The lowest BCUT2D eigenvalue weighted by molar-refractivity contribution is -0.231. The Morgan fingerprint density at radius 2 is 2.29 bits per heavy atom. The third-order valence-electron chi connectivity index (χ3n) is 4.07. The molecule has 0 unspecified atom stereocenters. The molecule has 0 aromatic carbocycles. The van der Waals surface area contributed by atoms with E-state index < -0.39 is 0 Å². The summed E-state index contributed by atoms with van der Waals surface area (Å²) in [5, 5.41) is 0. The van der Waals surface area contributed by atoms with Crippen molar-refractivity contribution in [3.63, 3.8) is 0 Å². The van der Waals surface area contributed by atoms with Gasteiger partial charge in [-0.25, -0.2) is 0 Å². The number of carbonyl (C=O) groups excluding carboxylic acids is 1. The largest absolute Gasteiger partial charge is 0.466 e. The summed E-state index contributed by atoms with van der Waals surface area (Å²) in [5.74, 6) is 0.220. The molecule has 4 nitrogen and oxygen atoms in total. The van der Waals surface area contributed by atoms with Crippen LogP contribution in [0.15, 0.2) is 0 Å². The topological polar surface area (TPSA) is 44.8 Å². The van der Waals surface area contributed by atoms with Crippen molar-refractivity contribution in [2.75, 3.05) is 13.2 Å². The third-order valence-corrected chi connectivity index (χ3v) is 4.07. The first-order valence-corrected chi connectivity index (χ1v) is 6.48. The Labute approximate surface area is 103 Å². The van der Waals surface area contributed by atoms with E-state index in [9.17, 15) is 4.79 Å². The lowest BCUT2D eigenvalue weighted by atomic mass is 9.76. The number of hydrogen-bond donors (Lipinski definition) is 0. The second-order valence-corrected chi connectivity index (χ2v) is 5.36. The van der Waals surface area contributed by atoms with Gasteiger partial charge in [0.1, 0.15) is 0 Å². The fourth-order valence-electron chi connectivity index (χ4n) is 3.06. The maximum absolute atomic E-state index is 11.6. The minimum absolute atomic E-state index is 0.0307. The fraction of sp³-hybridized carbons (Fsp3) is 0.923. The van der Waals surface area contributed by atoms with Gasteiger partial charge in [-0.1, -0.05) is 6.92 Å². The van der Waals surface area contributed by atoms with Crippen molar-refractivity contribution >= 4 is 5.97 Å². The molecule has 1 saturated carbocycles. The van der Waals surface area contributed by atoms with Crippen LogP contribution in [-0.2, 0) is 19.0 Å². The van der Waals surface area contributed by atoms with Crippen LogP contribution in [0.3, 0.4) is 0 Å². The van der Waals surface area contributed by atoms with E-state index >= 15 is 0 Å². The summed E-state index contributed by atoms with van der Waals surface area (Å²) >= 11 is 0. The maximum atomic E-state index is 11.6. The maximum Gasteiger partial charge on any atom is 0.306 e. The number of esters is 1. The highest BCUT2D eigenvalue weighted by atomic mass is 16.7. The standard InChI is InChI=1S/C13H22O4/c1-4-15-12(14)7-13(3)6-5-11-10(13)8-16-9(2)17-11/h9-11H,4-8H2,1-3H3/t9-,10+,11+,13+/m1/s1. The fourth-order valence-corrected chi connectivity index (χ4v) is 3.06. The van der Waals surface area contributed by atoms with Crippen molar-refractivity contribution in [2.24, 2.45) is 11.3 Å². The molecule has 4 heteroatoms. The molecule has 1 aliphatic heterocycles. The highest BCUT2D eigenvalue weighted by Gasteiger charge is 2.49. The number of hydrogen-bond acceptors (Lipinski definition) is 4. The van der Waals surface area contributed by atoms with Crippen LogP contribution in [0.2, 0.25) is 0 Å². The molecule has 0 amide bonds. The molecule has 2 fully saturated rings. The zero-order valence-electron chi connectivity index (χ0n) is 10.9. The summed E-state index contributed by atoms with van der Waals surface area (Å²) in [4.78, 5) is 11.6. The molecule has 0 aromatic heterocycles. The second-order valence-electron chi connectivity index (χ2n) is 5.36. The normalized spacial score (nSPS) is 41.0. The van der Waals surface area contributed by atoms with Gasteiger partial charge in [-0.05, 0) is 32.1 Å². The molecule has 0 N–H and O–H groups in total. The molecule has 0 radical (unpaired) electrons. The molecule has 1 saturated heterocycles. The number of fused-ring (bicyclic) bond motifs is 1. The molecule has 4 atom stereocenters. The van der Waals surface area contributed by atoms with Crippen molar-refractivity contribution in [3.05, 3.63) is 0 Å². The first-order valence-electron chi connectivity index (χ1n) is 6.48. The van der Waals surface area contributed by atoms with Crippen LogP contribution < -0.4 is 0 Å². The smallest absolute Gasteiger partial charge is 0.306 e. The van der Waals surface area contributed by atoms with Gasteiger partial charge in [0.05, 0.1) is 25.7 Å². The van der Waals surface area contributed by atoms with Crippen molar-refractivity contribution in [1.82, 2.24) is 0 Å². The first kappa shape index (κ1) is 12.8. The van der Waals surface area contributed by atoms with E-state index in [0.717, 1.165) is 12.8 Å². The SMILES string of the molecule is CCOC(=O)C[C@]1(C)CC[C@@H]2O[C@H](C)OC[C@@H]21. The van der Waals surface area contributed by atoms with Gasteiger partial charge < -0.3 is 14.2 Å². The molecule has 0 bridgehead atoms. The Bertz CT molecular complexity index is 291. The van der Waals surface area contributed by atoms with Gasteiger partial charge >= 0.3 is 5.97 Å². The van der Waals surface area contributed by atoms with E-state index in [2.05, 4.69) is 6.92 Å². The molecule has 2 aliphatic rings. The Kier molecular flexibility index (Phi) is 3.73. The van der Waals surface area contributed by atoms with Gasteiger partial charge in [0.25, 0.3) is 0 Å². The van der Waals surface area contributed by atoms with Gasteiger partial charge in [-0.3, -0.25) is 4.79 Å². The van der Waals surface area contributed by atoms with Gasteiger partial charge in [0, 0.05) is 5.92 Å². The molecular formula is C13H22O4. The Morgan fingerprint density at radius 1 is 1.53 bits per heavy atom. The van der Waals surface area contributed by atoms with E-state index in [1.807, 2.05) is 13.8 Å². The van der Waals surface area contributed by atoms with E-state index in [0.29, 0.717) is 25.6 Å². The average Bonchev–Trinajstić information content (AvgIpc) is 2.56. The second kappa shape index (κ2) is 4.94.